The molecule has 6 rings (SSSR count). The molecular weight excluding hydrogens is 731 g/mol. The second kappa shape index (κ2) is 15.3. The van der Waals surface area contributed by atoms with Crippen LogP contribution >= 0.6 is 0 Å². The van der Waals surface area contributed by atoms with E-state index < -0.39 is 77.4 Å². The first-order valence-electron chi connectivity index (χ1n) is 16.8. The summed E-state index contributed by atoms with van der Waals surface area (Å²) in [5, 5.41) is 12.9. The second-order valence-corrected chi connectivity index (χ2v) is 12.9. The Morgan fingerprint density at radius 2 is 1.70 bits per heavy atom. The van der Waals surface area contributed by atoms with Crippen LogP contribution in [0.4, 0.5) is 36.4 Å². The van der Waals surface area contributed by atoms with Crippen molar-refractivity contribution < 1.29 is 54.9 Å². The van der Waals surface area contributed by atoms with Crippen molar-refractivity contribution in [3.8, 4) is 11.3 Å². The number of anilines is 1. The average Bonchev–Trinajstić information content (AvgIpc) is 3.11. The summed E-state index contributed by atoms with van der Waals surface area (Å²) >= 11 is 0. The normalized spacial score (nSPS) is 17.8. The summed E-state index contributed by atoms with van der Waals surface area (Å²) in [5.74, 6) is -3.84. The average molecular weight is 766 g/mol. The maximum Gasteiger partial charge on any atom is 0.417 e. The lowest BCUT2D eigenvalue weighted by atomic mass is 9.95. The molecule has 288 valence electrons. The quantitative estimate of drug-likeness (QED) is 0.232. The summed E-state index contributed by atoms with van der Waals surface area (Å²) in [5.41, 5.74) is -3.59. The molecule has 0 saturated carbocycles. The van der Waals surface area contributed by atoms with Crippen molar-refractivity contribution in [3.63, 3.8) is 0 Å². The van der Waals surface area contributed by atoms with E-state index in [0.29, 0.717) is 26.3 Å². The number of rotatable bonds is 9. The van der Waals surface area contributed by atoms with E-state index in [1.807, 2.05) is 4.90 Å². The number of carbonyl (C=O) groups excluding carboxylic acids is 1. The molecule has 2 aromatic heterocycles. The number of carbonyl (C=O) groups is 2. The molecule has 2 atom stereocenters. The molecule has 2 saturated heterocycles. The minimum atomic E-state index is -4.90. The van der Waals surface area contributed by atoms with E-state index in [4.69, 9.17) is 9.47 Å². The second-order valence-electron chi connectivity index (χ2n) is 12.9. The van der Waals surface area contributed by atoms with Crippen LogP contribution in [0, 0.1) is 5.82 Å². The number of aryl methyl sites for hydroxylation is 1. The highest BCUT2D eigenvalue weighted by Crippen LogP contribution is 2.38. The van der Waals surface area contributed by atoms with Crippen LogP contribution in [-0.2, 0) is 40.5 Å². The number of nitrogens with one attached hydrogen (secondary N) is 1. The molecule has 2 N–H and O–H groups in total. The lowest BCUT2D eigenvalue weighted by Crippen LogP contribution is -2.53. The van der Waals surface area contributed by atoms with Gasteiger partial charge in [-0.25, -0.2) is 9.18 Å². The number of aromatic nitrogens is 2. The van der Waals surface area contributed by atoms with Crippen LogP contribution in [0.25, 0.3) is 22.0 Å². The number of halogens is 7. The fourth-order valence-electron chi connectivity index (χ4n) is 6.77. The molecule has 1 amide bonds. The number of morpholine rings is 2. The molecule has 4 heterocycles. The van der Waals surface area contributed by atoms with Crippen molar-refractivity contribution in [1.82, 2.24) is 19.8 Å². The third kappa shape index (κ3) is 8.05. The number of amides is 1. The number of carboxylic acid groups (broad SMARTS) is 1. The number of hydrogen-bond donors (Lipinski definition) is 2. The molecule has 0 spiro atoms. The van der Waals surface area contributed by atoms with Gasteiger partial charge >= 0.3 is 18.3 Å². The van der Waals surface area contributed by atoms with Crippen molar-refractivity contribution in [2.45, 2.75) is 37.4 Å². The highest BCUT2D eigenvalue weighted by Gasteiger charge is 2.46. The Hall–Kier alpha value is -5.07. The molecule has 54 heavy (non-hydrogen) atoms. The molecule has 2 fully saturated rings. The topological polar surface area (TPSA) is 126 Å². The molecule has 4 aromatic rings. The largest absolute Gasteiger partial charge is 0.480 e. The molecular formula is C36H34F7N5O6. The van der Waals surface area contributed by atoms with Gasteiger partial charge in [-0.05, 0) is 40.8 Å². The van der Waals surface area contributed by atoms with E-state index >= 15 is 4.39 Å². The lowest BCUT2D eigenvalue weighted by molar-refractivity contribution is -0.167. The van der Waals surface area contributed by atoms with E-state index in [0.717, 1.165) is 27.8 Å². The fourth-order valence-corrected chi connectivity index (χ4v) is 6.77. The first kappa shape index (κ1) is 38.6. The third-order valence-corrected chi connectivity index (χ3v) is 9.45. The lowest BCUT2D eigenvalue weighted by Gasteiger charge is -2.38. The van der Waals surface area contributed by atoms with Crippen LogP contribution in [0.1, 0.15) is 27.0 Å². The first-order valence-corrected chi connectivity index (χ1v) is 16.8. The Balaban J connectivity index is 1.36. The third-order valence-electron chi connectivity index (χ3n) is 9.45. The molecule has 0 aliphatic carbocycles. The van der Waals surface area contributed by atoms with Gasteiger partial charge in [-0.1, -0.05) is 18.2 Å². The number of nitrogens with zero attached hydrogens (tertiary/aromatic N) is 4. The Bertz CT molecular complexity index is 2120. The maximum absolute atomic E-state index is 16.1. The standard InChI is InChI=1S/C36H34F7N5O6/c1-46-8-6-25(35(38,39)40)30(33(46)50)31-24-4-2-3-20(23(24)5-7-44-31)16-27(34(51)52)45-32(49)29-21(18-47-9-12-53-13-10-47)15-22(17-26(29)37)48-11-14-54-19-28(48)36(41,42)43/h2-8,15,17,27-28H,9-14,16,18-19H2,1H3,(H,45,49)(H,51,52)/t27-,28+/m0/s1. The molecule has 0 radical (unpaired) electrons. The predicted octanol–water partition coefficient (Wildman–Crippen LogP) is 4.78. The minimum Gasteiger partial charge on any atom is -0.480 e. The smallest absolute Gasteiger partial charge is 0.417 e. The number of fused-ring (bicyclic) bond motifs is 1. The summed E-state index contributed by atoms with van der Waals surface area (Å²) in [6.07, 6.45) is -7.88. The summed E-state index contributed by atoms with van der Waals surface area (Å²) < 4.78 is 111. The minimum absolute atomic E-state index is 0.0201. The van der Waals surface area contributed by atoms with Crippen molar-refractivity contribution >= 4 is 28.3 Å². The van der Waals surface area contributed by atoms with Gasteiger partial charge in [-0.2, -0.15) is 26.3 Å². The predicted molar refractivity (Wildman–Crippen MR) is 181 cm³/mol. The summed E-state index contributed by atoms with van der Waals surface area (Å²) in [6.45, 7) is 0.414. The number of carboxylic acids is 1. The maximum atomic E-state index is 16.1. The van der Waals surface area contributed by atoms with Gasteiger partial charge in [-0.3, -0.25) is 19.5 Å². The SMILES string of the molecule is Cn1ccc(C(F)(F)F)c(-c2nccc3c(C[C@H](NC(=O)c4c(F)cc(N5CCOC[C@@H]5C(F)(F)F)cc4CN4CCOCC4)C(=O)O)cccc23)c1=O. The van der Waals surface area contributed by atoms with Crippen molar-refractivity contribution in [2.24, 2.45) is 7.05 Å². The van der Waals surface area contributed by atoms with Crippen molar-refractivity contribution in [3.05, 3.63) is 93.3 Å². The number of ether oxygens (including phenoxy) is 2. The molecule has 18 heteroatoms. The zero-order chi connectivity index (χ0) is 38.9. The van der Waals surface area contributed by atoms with Gasteiger partial charge in [0.25, 0.3) is 11.5 Å². The van der Waals surface area contributed by atoms with Gasteiger partial charge in [-0.15, -0.1) is 0 Å². The molecule has 2 aromatic carbocycles. The van der Waals surface area contributed by atoms with Gasteiger partial charge in [0.05, 0.1) is 48.8 Å². The highest BCUT2D eigenvalue weighted by atomic mass is 19.4. The van der Waals surface area contributed by atoms with E-state index in [-0.39, 0.29) is 53.0 Å². The Morgan fingerprint density at radius 1 is 0.981 bits per heavy atom. The zero-order valence-corrected chi connectivity index (χ0v) is 28.6. The van der Waals surface area contributed by atoms with Gasteiger partial charge in [0.1, 0.15) is 17.9 Å². The first-order chi connectivity index (χ1) is 25.5. The summed E-state index contributed by atoms with van der Waals surface area (Å²) in [6, 6.07) is 4.84. The van der Waals surface area contributed by atoms with E-state index in [9.17, 15) is 45.8 Å². The zero-order valence-electron chi connectivity index (χ0n) is 28.6. The van der Waals surface area contributed by atoms with Gasteiger partial charge in [0, 0.05) is 63.1 Å². The monoisotopic (exact) mass is 765 g/mol. The molecule has 11 nitrogen and oxygen atoms in total. The van der Waals surface area contributed by atoms with Crippen LogP contribution in [-0.4, -0.2) is 95.8 Å². The summed E-state index contributed by atoms with van der Waals surface area (Å²) in [7, 11) is 1.29. The Labute approximate surface area is 302 Å². The van der Waals surface area contributed by atoms with Crippen molar-refractivity contribution in [2.75, 3.05) is 51.0 Å². The van der Waals surface area contributed by atoms with Crippen LogP contribution < -0.4 is 15.8 Å². The van der Waals surface area contributed by atoms with Gasteiger partial charge in [0.15, 0.2) is 0 Å². The van der Waals surface area contributed by atoms with E-state index in [1.54, 1.807) is 0 Å². The highest BCUT2D eigenvalue weighted by molar-refractivity contribution is 6.00. The van der Waals surface area contributed by atoms with E-state index in [2.05, 4.69) is 10.3 Å². The molecule has 0 unspecified atom stereocenters. The number of pyridine rings is 2. The molecule has 2 aliphatic heterocycles. The van der Waals surface area contributed by atoms with Gasteiger partial charge < -0.3 is 29.4 Å². The fraction of sp³-hybridized carbons (Fsp3) is 0.389. The number of benzene rings is 2. The summed E-state index contributed by atoms with van der Waals surface area (Å²) in [4.78, 5) is 46.3. The Kier molecular flexibility index (Phi) is 11.0. The van der Waals surface area contributed by atoms with Crippen LogP contribution in [0.3, 0.4) is 0 Å². The Morgan fingerprint density at radius 3 is 2.39 bits per heavy atom. The number of alkyl halides is 6. The number of aliphatic carboxylic acids is 1. The van der Waals surface area contributed by atoms with Crippen LogP contribution in [0.15, 0.2) is 59.7 Å². The van der Waals surface area contributed by atoms with Crippen LogP contribution in [0.5, 0.6) is 0 Å². The van der Waals surface area contributed by atoms with Gasteiger partial charge in [0.2, 0.25) is 0 Å². The van der Waals surface area contributed by atoms with Crippen LogP contribution in [0.2, 0.25) is 0 Å². The van der Waals surface area contributed by atoms with Crippen molar-refractivity contribution in [1.29, 1.82) is 0 Å². The van der Waals surface area contributed by atoms with E-state index in [1.165, 1.54) is 43.6 Å². The number of hydrogen-bond acceptors (Lipinski definition) is 8. The molecule has 2 aliphatic rings. The molecule has 0 bridgehead atoms.